The molecule has 4 nitrogen and oxygen atoms in total. The molecule has 1 heterocycles. The monoisotopic (exact) mass is 288 g/mol. The fraction of sp³-hybridized carbons (Fsp3) is 0.111. The summed E-state index contributed by atoms with van der Waals surface area (Å²) in [5, 5.41) is 8.90. The molecule has 108 valence electrons. The lowest BCUT2D eigenvalue weighted by molar-refractivity contribution is 1.08. The molecule has 0 aliphatic carbocycles. The molecule has 0 saturated heterocycles. The molecule has 0 aliphatic rings. The number of rotatable bonds is 4. The van der Waals surface area contributed by atoms with Crippen LogP contribution in [-0.4, -0.2) is 9.97 Å². The van der Waals surface area contributed by atoms with E-state index >= 15 is 0 Å². The predicted molar refractivity (Wildman–Crippen MR) is 88.3 cm³/mol. The average Bonchev–Trinajstić information content (AvgIpc) is 2.53. The van der Waals surface area contributed by atoms with Crippen LogP contribution in [0.1, 0.15) is 18.1 Å². The highest BCUT2D eigenvalue weighted by molar-refractivity contribution is 5.69. The van der Waals surface area contributed by atoms with Crippen LogP contribution in [0.15, 0.2) is 60.9 Å². The fourth-order valence-corrected chi connectivity index (χ4v) is 2.04. The fourth-order valence-electron chi connectivity index (χ4n) is 2.04. The van der Waals surface area contributed by atoms with Crippen molar-refractivity contribution in [3.8, 4) is 6.07 Å². The molecule has 0 bridgehead atoms. The number of anilines is 2. The maximum Gasteiger partial charge on any atom is 0.143 e. The molecule has 0 radical (unpaired) electrons. The van der Waals surface area contributed by atoms with Crippen molar-refractivity contribution in [3.63, 3.8) is 0 Å². The standard InChI is InChI=1S/C18H16N4/c1-4-8-22(18-15(3)12-20-13-21-18)17-7-5-6-16(10-17)9-14(2)11-19/h5-10,12-13H,1H2,2-3H3/b14-9-. The summed E-state index contributed by atoms with van der Waals surface area (Å²) < 4.78 is 0. The number of benzene rings is 1. The second kappa shape index (κ2) is 7.03. The van der Waals surface area contributed by atoms with Crippen LogP contribution in [0, 0.1) is 18.3 Å². The van der Waals surface area contributed by atoms with Crippen LogP contribution in [0.25, 0.3) is 6.08 Å². The third kappa shape index (κ3) is 3.49. The predicted octanol–water partition coefficient (Wildman–Crippen LogP) is 4.15. The lowest BCUT2D eigenvalue weighted by atomic mass is 10.1. The van der Waals surface area contributed by atoms with E-state index in [0.717, 1.165) is 22.6 Å². The SMILES string of the molecule is C=C=CN(c1cccc(/C=C(/C)C#N)c1)c1ncncc1C. The van der Waals surface area contributed by atoms with Gasteiger partial charge in [-0.05, 0) is 37.6 Å². The highest BCUT2D eigenvalue weighted by Gasteiger charge is 2.10. The summed E-state index contributed by atoms with van der Waals surface area (Å²) in [6, 6.07) is 9.96. The third-order valence-electron chi connectivity index (χ3n) is 3.02. The van der Waals surface area contributed by atoms with Crippen molar-refractivity contribution in [2.24, 2.45) is 0 Å². The zero-order valence-corrected chi connectivity index (χ0v) is 12.6. The van der Waals surface area contributed by atoms with Gasteiger partial charge in [-0.15, -0.1) is 5.73 Å². The molecule has 4 heteroatoms. The highest BCUT2D eigenvalue weighted by Crippen LogP contribution is 2.27. The Morgan fingerprint density at radius 3 is 2.91 bits per heavy atom. The second-order valence-corrected chi connectivity index (χ2v) is 4.77. The second-order valence-electron chi connectivity index (χ2n) is 4.77. The van der Waals surface area contributed by atoms with E-state index in [4.69, 9.17) is 5.26 Å². The van der Waals surface area contributed by atoms with Gasteiger partial charge in [-0.1, -0.05) is 18.7 Å². The van der Waals surface area contributed by atoms with E-state index in [9.17, 15) is 0 Å². The van der Waals surface area contributed by atoms with Crippen LogP contribution in [0.2, 0.25) is 0 Å². The van der Waals surface area contributed by atoms with E-state index in [0.29, 0.717) is 5.57 Å². The van der Waals surface area contributed by atoms with Gasteiger partial charge in [0.05, 0.1) is 12.3 Å². The molecule has 1 aromatic carbocycles. The lowest BCUT2D eigenvalue weighted by Crippen LogP contribution is -2.11. The maximum atomic E-state index is 8.90. The molecule has 1 aromatic heterocycles. The van der Waals surface area contributed by atoms with E-state index in [1.165, 1.54) is 6.33 Å². The largest absolute Gasteiger partial charge is 0.294 e. The maximum absolute atomic E-state index is 8.90. The zero-order valence-electron chi connectivity index (χ0n) is 12.6. The third-order valence-corrected chi connectivity index (χ3v) is 3.02. The van der Waals surface area contributed by atoms with Crippen molar-refractivity contribution in [1.29, 1.82) is 5.26 Å². The summed E-state index contributed by atoms with van der Waals surface area (Å²) in [6.45, 7) is 7.37. The Labute approximate surface area is 130 Å². The van der Waals surface area contributed by atoms with Gasteiger partial charge in [0.15, 0.2) is 0 Å². The Balaban J connectivity index is 2.51. The summed E-state index contributed by atoms with van der Waals surface area (Å²) in [4.78, 5) is 10.2. The molecule has 0 saturated carbocycles. The first kappa shape index (κ1) is 15.2. The van der Waals surface area contributed by atoms with Crippen molar-refractivity contribution in [3.05, 3.63) is 72.0 Å². The number of aromatic nitrogens is 2. The number of nitriles is 1. The molecule has 0 spiro atoms. The molecule has 0 aliphatic heterocycles. The average molecular weight is 288 g/mol. The first-order chi connectivity index (χ1) is 10.7. The minimum Gasteiger partial charge on any atom is -0.294 e. The number of hydrogen-bond donors (Lipinski definition) is 0. The van der Waals surface area contributed by atoms with Crippen LogP contribution < -0.4 is 4.90 Å². The Kier molecular flexibility index (Phi) is 4.87. The first-order valence-corrected chi connectivity index (χ1v) is 6.76. The van der Waals surface area contributed by atoms with Gasteiger partial charge in [0.25, 0.3) is 0 Å². The van der Waals surface area contributed by atoms with Crippen molar-refractivity contribution in [2.45, 2.75) is 13.8 Å². The van der Waals surface area contributed by atoms with Gasteiger partial charge < -0.3 is 0 Å². The first-order valence-electron chi connectivity index (χ1n) is 6.76. The van der Waals surface area contributed by atoms with Gasteiger partial charge in [-0.2, -0.15) is 5.26 Å². The number of allylic oxidation sites excluding steroid dienone is 1. The summed E-state index contributed by atoms with van der Waals surface area (Å²) in [7, 11) is 0. The van der Waals surface area contributed by atoms with Crippen molar-refractivity contribution in [1.82, 2.24) is 9.97 Å². The zero-order chi connectivity index (χ0) is 15.9. The van der Waals surface area contributed by atoms with E-state index in [-0.39, 0.29) is 0 Å². The molecule has 0 atom stereocenters. The number of nitrogens with zero attached hydrogens (tertiary/aromatic N) is 4. The van der Waals surface area contributed by atoms with Gasteiger partial charge in [0.2, 0.25) is 0 Å². The van der Waals surface area contributed by atoms with Crippen molar-refractivity contribution >= 4 is 17.6 Å². The molecule has 0 fully saturated rings. The quantitative estimate of drug-likeness (QED) is 0.626. The molecular formula is C18H16N4. The topological polar surface area (TPSA) is 52.8 Å². The summed E-state index contributed by atoms with van der Waals surface area (Å²) >= 11 is 0. The van der Waals surface area contributed by atoms with Crippen LogP contribution in [0.4, 0.5) is 11.5 Å². The number of hydrogen-bond acceptors (Lipinski definition) is 4. The number of aryl methyl sites for hydroxylation is 1. The van der Waals surface area contributed by atoms with Crippen LogP contribution >= 0.6 is 0 Å². The molecule has 0 unspecified atom stereocenters. The van der Waals surface area contributed by atoms with Crippen LogP contribution in [0.5, 0.6) is 0 Å². The van der Waals surface area contributed by atoms with Crippen molar-refractivity contribution < 1.29 is 0 Å². The van der Waals surface area contributed by atoms with E-state index in [2.05, 4.69) is 28.3 Å². The van der Waals surface area contributed by atoms with Gasteiger partial charge >= 0.3 is 0 Å². The Morgan fingerprint density at radius 1 is 1.41 bits per heavy atom. The minimum absolute atomic E-state index is 0.654. The Bertz CT molecular complexity index is 793. The van der Waals surface area contributed by atoms with Crippen LogP contribution in [-0.2, 0) is 0 Å². The van der Waals surface area contributed by atoms with Gasteiger partial charge in [-0.25, -0.2) is 9.97 Å². The molecule has 22 heavy (non-hydrogen) atoms. The lowest BCUT2D eigenvalue weighted by Gasteiger charge is -2.20. The normalized spacial score (nSPS) is 10.5. The molecule has 2 aromatic rings. The summed E-state index contributed by atoms with van der Waals surface area (Å²) in [5.41, 5.74) is 6.25. The molecule has 0 amide bonds. The van der Waals surface area contributed by atoms with E-state index < -0.39 is 0 Å². The van der Waals surface area contributed by atoms with Gasteiger partial charge in [-0.3, -0.25) is 4.90 Å². The van der Waals surface area contributed by atoms with Gasteiger partial charge in [0, 0.05) is 23.0 Å². The van der Waals surface area contributed by atoms with E-state index in [1.54, 1.807) is 19.3 Å². The highest BCUT2D eigenvalue weighted by atomic mass is 15.2. The van der Waals surface area contributed by atoms with Crippen LogP contribution in [0.3, 0.4) is 0 Å². The molecule has 0 N–H and O–H groups in total. The molecular weight excluding hydrogens is 272 g/mol. The smallest absolute Gasteiger partial charge is 0.143 e. The van der Waals surface area contributed by atoms with Crippen molar-refractivity contribution in [2.75, 3.05) is 4.90 Å². The summed E-state index contributed by atoms with van der Waals surface area (Å²) in [6.07, 6.45) is 6.84. The molecule has 2 rings (SSSR count). The minimum atomic E-state index is 0.654. The summed E-state index contributed by atoms with van der Waals surface area (Å²) in [5.74, 6) is 0.768. The Hall–Kier alpha value is -3.15. The van der Waals surface area contributed by atoms with Gasteiger partial charge in [0.1, 0.15) is 12.1 Å². The van der Waals surface area contributed by atoms with E-state index in [1.807, 2.05) is 42.2 Å². The Morgan fingerprint density at radius 2 is 2.23 bits per heavy atom.